The molecule has 0 atom stereocenters. The lowest BCUT2D eigenvalue weighted by molar-refractivity contribution is -0.384. The molecule has 5 nitrogen and oxygen atoms in total. The van der Waals surface area contributed by atoms with Crippen LogP contribution in [0.15, 0.2) is 30.5 Å². The summed E-state index contributed by atoms with van der Waals surface area (Å²) in [4.78, 5) is 10.0. The molecular formula is C13H13F2N3O2. The van der Waals surface area contributed by atoms with Gasteiger partial charge in [0, 0.05) is 29.9 Å². The van der Waals surface area contributed by atoms with E-state index in [0.29, 0.717) is 5.56 Å². The molecule has 0 amide bonds. The molecule has 0 aliphatic rings. The largest absolute Gasteiger partial charge is 0.269 e. The van der Waals surface area contributed by atoms with Crippen molar-refractivity contribution in [1.82, 2.24) is 9.78 Å². The maximum Gasteiger partial charge on any atom is 0.269 e. The minimum absolute atomic E-state index is 0.0423. The molecule has 0 saturated carbocycles. The molecule has 7 heteroatoms. The highest BCUT2D eigenvalue weighted by Crippen LogP contribution is 2.31. The number of halogens is 2. The molecular weight excluding hydrogens is 268 g/mol. The Kier molecular flexibility index (Phi) is 3.78. The topological polar surface area (TPSA) is 61.0 Å². The molecule has 1 heterocycles. The number of nitrogens with zero attached hydrogens (tertiary/aromatic N) is 3. The highest BCUT2D eigenvalue weighted by atomic mass is 19.3. The smallest absolute Gasteiger partial charge is 0.269 e. The second kappa shape index (κ2) is 5.36. The first-order chi connectivity index (χ1) is 9.40. The van der Waals surface area contributed by atoms with Crippen LogP contribution in [0.1, 0.15) is 31.9 Å². The first-order valence-corrected chi connectivity index (χ1v) is 6.02. The maximum atomic E-state index is 13.0. The van der Waals surface area contributed by atoms with Gasteiger partial charge >= 0.3 is 0 Å². The zero-order chi connectivity index (χ0) is 14.9. The monoisotopic (exact) mass is 281 g/mol. The van der Waals surface area contributed by atoms with E-state index in [1.54, 1.807) is 0 Å². The van der Waals surface area contributed by atoms with Crippen LogP contribution in [0, 0.1) is 10.1 Å². The van der Waals surface area contributed by atoms with Crippen molar-refractivity contribution in [2.24, 2.45) is 0 Å². The van der Waals surface area contributed by atoms with Crippen LogP contribution in [-0.2, 0) is 0 Å². The van der Waals surface area contributed by atoms with Gasteiger partial charge in [-0.3, -0.25) is 14.8 Å². The number of rotatable bonds is 4. The molecule has 2 aromatic rings. The minimum atomic E-state index is -2.65. The van der Waals surface area contributed by atoms with Crippen LogP contribution in [0.2, 0.25) is 0 Å². The van der Waals surface area contributed by atoms with Crippen LogP contribution in [-0.4, -0.2) is 14.7 Å². The van der Waals surface area contributed by atoms with E-state index in [4.69, 9.17) is 0 Å². The van der Waals surface area contributed by atoms with Crippen molar-refractivity contribution in [2.75, 3.05) is 0 Å². The highest BCUT2D eigenvalue weighted by Gasteiger charge is 2.20. The van der Waals surface area contributed by atoms with E-state index in [0.717, 1.165) is 0 Å². The Morgan fingerprint density at radius 2 is 1.85 bits per heavy atom. The van der Waals surface area contributed by atoms with E-state index in [2.05, 4.69) is 5.10 Å². The van der Waals surface area contributed by atoms with Gasteiger partial charge in [-0.25, -0.2) is 8.78 Å². The highest BCUT2D eigenvalue weighted by molar-refractivity contribution is 5.64. The fourth-order valence-corrected chi connectivity index (χ4v) is 1.80. The van der Waals surface area contributed by atoms with Gasteiger partial charge in [-0.1, -0.05) is 0 Å². The molecule has 0 bridgehead atoms. The van der Waals surface area contributed by atoms with E-state index in [1.807, 2.05) is 13.8 Å². The second-order valence-corrected chi connectivity index (χ2v) is 4.61. The molecule has 1 aromatic carbocycles. The van der Waals surface area contributed by atoms with Crippen molar-refractivity contribution < 1.29 is 13.7 Å². The Hall–Kier alpha value is -2.31. The third kappa shape index (κ3) is 2.66. The van der Waals surface area contributed by atoms with Crippen LogP contribution in [0.4, 0.5) is 14.5 Å². The normalized spacial score (nSPS) is 11.3. The molecule has 0 aliphatic carbocycles. The van der Waals surface area contributed by atoms with Crippen LogP contribution in [0.5, 0.6) is 0 Å². The SMILES string of the molecule is CC(C)n1cc(C(F)F)c(-c2ccc([N+](=O)[O-])cc2)n1. The lowest BCUT2D eigenvalue weighted by atomic mass is 10.1. The molecule has 20 heavy (non-hydrogen) atoms. The Balaban J connectivity index is 2.47. The Morgan fingerprint density at radius 1 is 1.25 bits per heavy atom. The third-order valence-electron chi connectivity index (χ3n) is 2.88. The number of nitro groups is 1. The van der Waals surface area contributed by atoms with E-state index < -0.39 is 11.3 Å². The summed E-state index contributed by atoms with van der Waals surface area (Å²) in [5.74, 6) is 0. The van der Waals surface area contributed by atoms with Crippen molar-refractivity contribution in [2.45, 2.75) is 26.3 Å². The number of nitro benzene ring substituents is 1. The van der Waals surface area contributed by atoms with Crippen molar-refractivity contribution in [3.05, 3.63) is 46.1 Å². The molecule has 0 aliphatic heterocycles. The van der Waals surface area contributed by atoms with Gasteiger partial charge in [-0.15, -0.1) is 0 Å². The van der Waals surface area contributed by atoms with Gasteiger partial charge in [0.15, 0.2) is 0 Å². The summed E-state index contributed by atoms with van der Waals surface area (Å²) in [7, 11) is 0. The van der Waals surface area contributed by atoms with E-state index in [-0.39, 0.29) is 23.0 Å². The summed E-state index contributed by atoms with van der Waals surface area (Å²) >= 11 is 0. The zero-order valence-electron chi connectivity index (χ0n) is 11.0. The summed E-state index contributed by atoms with van der Waals surface area (Å²) in [6.07, 6.45) is -1.33. The van der Waals surface area contributed by atoms with Crippen molar-refractivity contribution in [3.63, 3.8) is 0 Å². The third-order valence-corrected chi connectivity index (χ3v) is 2.88. The van der Waals surface area contributed by atoms with Crippen LogP contribution in [0.3, 0.4) is 0 Å². The van der Waals surface area contributed by atoms with E-state index in [9.17, 15) is 18.9 Å². The van der Waals surface area contributed by atoms with Crippen LogP contribution < -0.4 is 0 Å². The fraction of sp³-hybridized carbons (Fsp3) is 0.308. The van der Waals surface area contributed by atoms with Gasteiger partial charge in [0.2, 0.25) is 0 Å². The number of hydrogen-bond donors (Lipinski definition) is 0. The molecule has 1 aromatic heterocycles. The summed E-state index contributed by atoms with van der Waals surface area (Å²) < 4.78 is 27.5. The Bertz CT molecular complexity index is 621. The van der Waals surface area contributed by atoms with Crippen LogP contribution in [0.25, 0.3) is 11.3 Å². The van der Waals surface area contributed by atoms with Gasteiger partial charge in [0.25, 0.3) is 12.1 Å². The van der Waals surface area contributed by atoms with Gasteiger partial charge in [-0.2, -0.15) is 5.10 Å². The van der Waals surface area contributed by atoms with Gasteiger partial charge in [0.05, 0.1) is 10.5 Å². The van der Waals surface area contributed by atoms with Gasteiger partial charge < -0.3 is 0 Å². The van der Waals surface area contributed by atoms with E-state index in [1.165, 1.54) is 35.1 Å². The zero-order valence-corrected chi connectivity index (χ0v) is 11.0. The summed E-state index contributed by atoms with van der Waals surface area (Å²) in [6, 6.07) is 5.37. The van der Waals surface area contributed by atoms with Gasteiger partial charge in [-0.05, 0) is 26.0 Å². The Morgan fingerprint density at radius 3 is 2.30 bits per heavy atom. The summed E-state index contributed by atoms with van der Waals surface area (Å²) in [5.41, 5.74) is 0.331. The molecule has 0 saturated heterocycles. The number of hydrogen-bond acceptors (Lipinski definition) is 3. The summed E-state index contributed by atoms with van der Waals surface area (Å²) in [6.45, 7) is 3.67. The van der Waals surface area contributed by atoms with Gasteiger partial charge in [0.1, 0.15) is 5.69 Å². The average molecular weight is 281 g/mol. The molecule has 0 unspecified atom stereocenters. The summed E-state index contributed by atoms with van der Waals surface area (Å²) in [5, 5.41) is 14.7. The first kappa shape index (κ1) is 14.1. The molecule has 106 valence electrons. The maximum absolute atomic E-state index is 13.0. The first-order valence-electron chi connectivity index (χ1n) is 6.02. The van der Waals surface area contributed by atoms with Crippen molar-refractivity contribution >= 4 is 5.69 Å². The number of alkyl halides is 2. The number of non-ortho nitro benzene ring substituents is 1. The van der Waals surface area contributed by atoms with E-state index >= 15 is 0 Å². The predicted molar refractivity (Wildman–Crippen MR) is 69.7 cm³/mol. The fourth-order valence-electron chi connectivity index (χ4n) is 1.80. The van der Waals surface area contributed by atoms with Crippen molar-refractivity contribution in [3.8, 4) is 11.3 Å². The minimum Gasteiger partial charge on any atom is -0.269 e. The lowest BCUT2D eigenvalue weighted by Gasteiger charge is -2.03. The van der Waals surface area contributed by atoms with Crippen molar-refractivity contribution in [1.29, 1.82) is 0 Å². The molecule has 0 fully saturated rings. The number of aromatic nitrogens is 2. The average Bonchev–Trinajstić information content (AvgIpc) is 2.84. The Labute approximate surface area is 114 Å². The molecule has 0 radical (unpaired) electrons. The predicted octanol–water partition coefficient (Wildman–Crippen LogP) is 3.98. The quantitative estimate of drug-likeness (QED) is 0.629. The standard InChI is InChI=1S/C13H13F2N3O2/c1-8(2)17-7-11(13(14)15)12(16-17)9-3-5-10(6-4-9)18(19)20/h3-8,13H,1-2H3. The van der Waals surface area contributed by atoms with Crippen LogP contribution >= 0.6 is 0 Å². The molecule has 0 N–H and O–H groups in total. The lowest BCUT2D eigenvalue weighted by Crippen LogP contribution is -2.00. The second-order valence-electron chi connectivity index (χ2n) is 4.61. The number of benzene rings is 1. The molecule has 2 rings (SSSR count). The molecule has 0 spiro atoms.